The second-order valence-electron chi connectivity index (χ2n) is 5.42. The number of nitrogens with zero attached hydrogens (tertiary/aromatic N) is 1. The third-order valence-corrected chi connectivity index (χ3v) is 5.24. The normalized spacial score (nSPS) is 19.0. The molecule has 0 fully saturated rings. The van der Waals surface area contributed by atoms with Crippen LogP contribution < -0.4 is 10.1 Å². The van der Waals surface area contributed by atoms with E-state index >= 15 is 0 Å². The fourth-order valence-electron chi connectivity index (χ4n) is 3.33. The van der Waals surface area contributed by atoms with E-state index in [9.17, 15) is 0 Å². The van der Waals surface area contributed by atoms with E-state index < -0.39 is 0 Å². The fourth-order valence-corrected chi connectivity index (χ4v) is 4.32. The first-order chi connectivity index (χ1) is 10.3. The summed E-state index contributed by atoms with van der Waals surface area (Å²) in [6, 6.07) is 6.45. The summed E-state index contributed by atoms with van der Waals surface area (Å²) in [6.07, 6.45) is 5.55. The fraction of sp³-hybridized carbons (Fsp3) is 0.471. The van der Waals surface area contributed by atoms with Gasteiger partial charge in [0, 0.05) is 17.0 Å². The quantitative estimate of drug-likeness (QED) is 0.909. The number of ether oxygens (including phenoxy) is 1. The molecule has 2 unspecified atom stereocenters. The summed E-state index contributed by atoms with van der Waals surface area (Å²) in [5, 5.41) is 5.86. The molecule has 0 aromatic carbocycles. The van der Waals surface area contributed by atoms with Gasteiger partial charge < -0.3 is 10.1 Å². The lowest BCUT2D eigenvalue weighted by Gasteiger charge is -2.31. The molecule has 0 aliphatic heterocycles. The molecule has 1 aliphatic rings. The molecule has 112 valence electrons. The summed E-state index contributed by atoms with van der Waals surface area (Å²) in [4.78, 5) is 6.16. The van der Waals surface area contributed by atoms with Gasteiger partial charge in [-0.3, -0.25) is 4.98 Å². The number of likely N-dealkylation sites (N-methyl/N-ethyl adjacent to an activating group) is 1. The van der Waals surface area contributed by atoms with Crippen molar-refractivity contribution >= 4 is 11.3 Å². The molecule has 2 heterocycles. The molecule has 2 atom stereocenters. The van der Waals surface area contributed by atoms with Gasteiger partial charge in [-0.2, -0.15) is 0 Å². The van der Waals surface area contributed by atoms with Crippen LogP contribution in [0.2, 0.25) is 0 Å². The highest BCUT2D eigenvalue weighted by atomic mass is 32.1. The Labute approximate surface area is 130 Å². The Morgan fingerprint density at radius 2 is 2.38 bits per heavy atom. The standard InChI is InChI=1S/C17H22N2OS/c1-3-18-16(17-14(20-2)7-5-10-19-17)13-6-4-8-15-12(13)9-11-21-15/h5,7,9-11,13,16,18H,3-4,6,8H2,1-2H3. The van der Waals surface area contributed by atoms with Crippen molar-refractivity contribution in [3.63, 3.8) is 0 Å². The highest BCUT2D eigenvalue weighted by molar-refractivity contribution is 7.10. The number of fused-ring (bicyclic) bond motifs is 1. The Bertz CT molecular complexity index is 596. The number of pyridine rings is 1. The van der Waals surface area contributed by atoms with E-state index in [1.54, 1.807) is 12.0 Å². The van der Waals surface area contributed by atoms with Crippen LogP contribution in [0.3, 0.4) is 0 Å². The summed E-state index contributed by atoms with van der Waals surface area (Å²) in [5.41, 5.74) is 2.54. The van der Waals surface area contributed by atoms with Crippen LogP contribution in [0, 0.1) is 0 Å². The van der Waals surface area contributed by atoms with Gasteiger partial charge in [-0.25, -0.2) is 0 Å². The monoisotopic (exact) mass is 302 g/mol. The van der Waals surface area contributed by atoms with E-state index in [4.69, 9.17) is 4.74 Å². The number of hydrogen-bond donors (Lipinski definition) is 1. The number of thiophene rings is 1. The Balaban J connectivity index is 2.00. The van der Waals surface area contributed by atoms with Crippen LogP contribution in [0.1, 0.15) is 47.9 Å². The summed E-state index contributed by atoms with van der Waals surface area (Å²) in [6.45, 7) is 3.08. The first-order valence-corrected chi connectivity index (χ1v) is 8.51. The van der Waals surface area contributed by atoms with E-state index in [-0.39, 0.29) is 6.04 Å². The topological polar surface area (TPSA) is 34.2 Å². The van der Waals surface area contributed by atoms with Crippen LogP contribution in [0.25, 0.3) is 0 Å². The molecule has 21 heavy (non-hydrogen) atoms. The summed E-state index contributed by atoms with van der Waals surface area (Å²) < 4.78 is 5.53. The molecule has 3 rings (SSSR count). The molecule has 0 saturated heterocycles. The minimum absolute atomic E-state index is 0.222. The number of aryl methyl sites for hydroxylation is 1. The molecule has 2 aromatic rings. The predicted octanol–water partition coefficient (Wildman–Crippen LogP) is 3.92. The number of methoxy groups -OCH3 is 1. The van der Waals surface area contributed by atoms with E-state index in [1.165, 1.54) is 24.8 Å². The molecule has 3 nitrogen and oxygen atoms in total. The molecule has 2 aromatic heterocycles. The molecular weight excluding hydrogens is 280 g/mol. The number of nitrogens with one attached hydrogen (secondary N) is 1. The van der Waals surface area contributed by atoms with E-state index in [0.717, 1.165) is 18.0 Å². The molecule has 0 saturated carbocycles. The predicted molar refractivity (Wildman–Crippen MR) is 87.2 cm³/mol. The largest absolute Gasteiger partial charge is 0.495 e. The average Bonchev–Trinajstić information content (AvgIpc) is 3.01. The maximum atomic E-state index is 5.53. The van der Waals surface area contributed by atoms with Crippen LogP contribution in [-0.4, -0.2) is 18.6 Å². The van der Waals surface area contributed by atoms with Gasteiger partial charge in [0.2, 0.25) is 0 Å². The van der Waals surface area contributed by atoms with Crippen LogP contribution in [0.15, 0.2) is 29.8 Å². The molecule has 1 aliphatic carbocycles. The van der Waals surface area contributed by atoms with E-state index in [1.807, 2.05) is 29.7 Å². The van der Waals surface area contributed by atoms with Crippen molar-refractivity contribution in [3.05, 3.63) is 45.9 Å². The lowest BCUT2D eigenvalue weighted by atomic mass is 9.81. The van der Waals surface area contributed by atoms with Gasteiger partial charge in [0.05, 0.1) is 18.8 Å². The van der Waals surface area contributed by atoms with Gasteiger partial charge in [0.15, 0.2) is 0 Å². The summed E-state index contributed by atoms with van der Waals surface area (Å²) in [5.74, 6) is 1.37. The maximum Gasteiger partial charge on any atom is 0.142 e. The zero-order chi connectivity index (χ0) is 14.7. The Hall–Kier alpha value is -1.39. The van der Waals surface area contributed by atoms with Gasteiger partial charge >= 0.3 is 0 Å². The SMILES string of the molecule is CCNC(c1ncccc1OC)C1CCCc2sccc21. The van der Waals surface area contributed by atoms with Gasteiger partial charge in [0.25, 0.3) is 0 Å². The van der Waals surface area contributed by atoms with Crippen molar-refractivity contribution in [1.82, 2.24) is 10.3 Å². The Morgan fingerprint density at radius 1 is 1.48 bits per heavy atom. The third-order valence-electron chi connectivity index (χ3n) is 4.24. The summed E-state index contributed by atoms with van der Waals surface area (Å²) >= 11 is 1.89. The third kappa shape index (κ3) is 2.83. The van der Waals surface area contributed by atoms with Gasteiger partial charge in [-0.15, -0.1) is 11.3 Å². The highest BCUT2D eigenvalue weighted by Crippen LogP contribution is 2.43. The van der Waals surface area contributed by atoms with Crippen molar-refractivity contribution in [3.8, 4) is 5.75 Å². The molecule has 0 bridgehead atoms. The Morgan fingerprint density at radius 3 is 3.19 bits per heavy atom. The van der Waals surface area contributed by atoms with E-state index in [0.29, 0.717) is 5.92 Å². The molecule has 4 heteroatoms. The van der Waals surface area contributed by atoms with E-state index in [2.05, 4.69) is 28.7 Å². The Kier molecular flexibility index (Phi) is 4.56. The smallest absolute Gasteiger partial charge is 0.142 e. The first-order valence-electron chi connectivity index (χ1n) is 7.63. The van der Waals surface area contributed by atoms with Crippen LogP contribution in [0.5, 0.6) is 5.75 Å². The summed E-state index contributed by atoms with van der Waals surface area (Å²) in [7, 11) is 1.72. The molecule has 0 amide bonds. The minimum Gasteiger partial charge on any atom is -0.495 e. The van der Waals surface area contributed by atoms with Crippen molar-refractivity contribution in [1.29, 1.82) is 0 Å². The molecule has 0 spiro atoms. The second kappa shape index (κ2) is 6.58. The average molecular weight is 302 g/mol. The van der Waals surface area contributed by atoms with Crippen LogP contribution >= 0.6 is 11.3 Å². The molecular formula is C17H22N2OS. The van der Waals surface area contributed by atoms with Gasteiger partial charge in [0.1, 0.15) is 5.75 Å². The lowest BCUT2D eigenvalue weighted by Crippen LogP contribution is -2.29. The van der Waals surface area contributed by atoms with Crippen molar-refractivity contribution in [2.75, 3.05) is 13.7 Å². The molecule has 0 radical (unpaired) electrons. The van der Waals surface area contributed by atoms with Crippen LogP contribution in [-0.2, 0) is 6.42 Å². The van der Waals surface area contributed by atoms with Crippen molar-refractivity contribution < 1.29 is 4.74 Å². The minimum atomic E-state index is 0.222. The van der Waals surface area contributed by atoms with Crippen LogP contribution in [0.4, 0.5) is 0 Å². The number of rotatable bonds is 5. The molecule has 1 N–H and O–H groups in total. The number of aromatic nitrogens is 1. The van der Waals surface area contributed by atoms with Crippen molar-refractivity contribution in [2.45, 2.75) is 38.1 Å². The zero-order valence-corrected chi connectivity index (χ0v) is 13.5. The second-order valence-corrected chi connectivity index (χ2v) is 6.42. The van der Waals surface area contributed by atoms with Gasteiger partial charge in [-0.05, 0) is 54.9 Å². The maximum absolute atomic E-state index is 5.53. The van der Waals surface area contributed by atoms with Gasteiger partial charge in [-0.1, -0.05) is 6.92 Å². The lowest BCUT2D eigenvalue weighted by molar-refractivity contribution is 0.365. The highest BCUT2D eigenvalue weighted by Gasteiger charge is 2.31. The van der Waals surface area contributed by atoms with Crippen molar-refractivity contribution in [2.24, 2.45) is 0 Å². The first kappa shape index (κ1) is 14.5. The zero-order valence-electron chi connectivity index (χ0n) is 12.6. The number of hydrogen-bond acceptors (Lipinski definition) is 4.